The summed E-state index contributed by atoms with van der Waals surface area (Å²) in [7, 11) is -2.42. The number of benzene rings is 1. The lowest BCUT2D eigenvalue weighted by Crippen LogP contribution is -2.23. The molecule has 0 unspecified atom stereocenters. The largest absolute Gasteiger partial charge is 0.481 e. The van der Waals surface area contributed by atoms with Crippen LogP contribution in [-0.2, 0) is 19.6 Å². The van der Waals surface area contributed by atoms with Gasteiger partial charge >= 0.3 is 5.97 Å². The normalized spacial score (nSPS) is 21.2. The zero-order valence-corrected chi connectivity index (χ0v) is 11.5. The number of carbonyl (C=O) groups is 2. The van der Waals surface area contributed by atoms with Crippen LogP contribution in [0.4, 0.5) is 5.69 Å². The summed E-state index contributed by atoms with van der Waals surface area (Å²) in [6.45, 7) is 0. The van der Waals surface area contributed by atoms with Crippen molar-refractivity contribution in [3.63, 3.8) is 0 Å². The summed E-state index contributed by atoms with van der Waals surface area (Å²) < 4.78 is 25.8. The molecule has 0 heterocycles. The zero-order chi connectivity index (χ0) is 14.9. The number of amides is 1. The zero-order valence-electron chi connectivity index (χ0n) is 10.7. The molecule has 3 N–H and O–H groups in total. The van der Waals surface area contributed by atoms with Crippen molar-refractivity contribution in [3.8, 4) is 0 Å². The van der Waals surface area contributed by atoms with Crippen LogP contribution in [0.25, 0.3) is 0 Å². The average Bonchev–Trinajstić information content (AvgIpc) is 3.19. The predicted molar refractivity (Wildman–Crippen MR) is 70.6 cm³/mol. The highest BCUT2D eigenvalue weighted by atomic mass is 32.2. The summed E-state index contributed by atoms with van der Waals surface area (Å²) in [5, 5.41) is 11.3. The number of carboxylic acids is 1. The van der Waals surface area contributed by atoms with Crippen molar-refractivity contribution in [2.24, 2.45) is 11.8 Å². The first-order chi connectivity index (χ1) is 9.36. The van der Waals surface area contributed by atoms with Gasteiger partial charge in [-0.1, -0.05) is 12.1 Å². The van der Waals surface area contributed by atoms with Crippen molar-refractivity contribution in [2.75, 3.05) is 12.4 Å². The number of nitrogens with one attached hydrogen (secondary N) is 2. The molecule has 0 radical (unpaired) electrons. The molecule has 0 aromatic heterocycles. The molecule has 7 nitrogen and oxygen atoms in total. The van der Waals surface area contributed by atoms with Gasteiger partial charge < -0.3 is 10.4 Å². The van der Waals surface area contributed by atoms with Gasteiger partial charge in [-0.05, 0) is 25.6 Å². The third kappa shape index (κ3) is 2.81. The highest BCUT2D eigenvalue weighted by Crippen LogP contribution is 2.39. The highest BCUT2D eigenvalue weighted by Gasteiger charge is 2.48. The summed E-state index contributed by atoms with van der Waals surface area (Å²) >= 11 is 0. The van der Waals surface area contributed by atoms with E-state index in [1.54, 1.807) is 6.07 Å². The first-order valence-corrected chi connectivity index (χ1v) is 7.41. The lowest BCUT2D eigenvalue weighted by molar-refractivity contribution is -0.139. The molecule has 108 valence electrons. The molecule has 0 saturated heterocycles. The Morgan fingerprint density at radius 2 is 1.90 bits per heavy atom. The summed E-state index contributed by atoms with van der Waals surface area (Å²) in [5.74, 6) is -2.77. The molecular formula is C12H14N2O5S. The van der Waals surface area contributed by atoms with E-state index in [4.69, 9.17) is 5.11 Å². The van der Waals surface area contributed by atoms with E-state index in [1.807, 2.05) is 0 Å². The summed E-state index contributed by atoms with van der Waals surface area (Å²) in [5.41, 5.74) is 0.142. The van der Waals surface area contributed by atoms with Crippen LogP contribution in [-0.4, -0.2) is 32.4 Å². The summed E-state index contributed by atoms with van der Waals surface area (Å²) in [6, 6.07) is 5.95. The van der Waals surface area contributed by atoms with Crippen molar-refractivity contribution in [2.45, 2.75) is 11.3 Å². The molecule has 8 heteroatoms. The van der Waals surface area contributed by atoms with Gasteiger partial charge in [0.2, 0.25) is 15.9 Å². The maximum absolute atomic E-state index is 11.9. The Hall–Kier alpha value is -1.93. The molecule has 20 heavy (non-hydrogen) atoms. The van der Waals surface area contributed by atoms with E-state index < -0.39 is 33.7 Å². The van der Waals surface area contributed by atoms with Crippen LogP contribution in [0.2, 0.25) is 0 Å². The lowest BCUT2D eigenvalue weighted by Gasteiger charge is -2.10. The maximum atomic E-state index is 11.9. The minimum Gasteiger partial charge on any atom is -0.481 e. The smallest absolute Gasteiger partial charge is 0.307 e. The van der Waals surface area contributed by atoms with Gasteiger partial charge in [-0.15, -0.1) is 0 Å². The van der Waals surface area contributed by atoms with Crippen LogP contribution in [0.15, 0.2) is 29.2 Å². The van der Waals surface area contributed by atoms with Crippen molar-refractivity contribution in [1.82, 2.24) is 4.72 Å². The van der Waals surface area contributed by atoms with Crippen LogP contribution in [0.5, 0.6) is 0 Å². The second-order valence-corrected chi connectivity index (χ2v) is 6.33. The fourth-order valence-corrected chi connectivity index (χ4v) is 2.78. The Morgan fingerprint density at radius 3 is 2.45 bits per heavy atom. The Labute approximate surface area is 116 Å². The van der Waals surface area contributed by atoms with Gasteiger partial charge in [-0.25, -0.2) is 13.1 Å². The van der Waals surface area contributed by atoms with Crippen molar-refractivity contribution in [3.05, 3.63) is 24.3 Å². The van der Waals surface area contributed by atoms with Crippen molar-refractivity contribution < 1.29 is 23.1 Å². The SMILES string of the molecule is CNS(=O)(=O)c1ccccc1NC(=O)[C@@H]1C[C@@H]1C(=O)O. The van der Waals surface area contributed by atoms with E-state index >= 15 is 0 Å². The molecule has 0 bridgehead atoms. The fraction of sp³-hybridized carbons (Fsp3) is 0.333. The highest BCUT2D eigenvalue weighted by molar-refractivity contribution is 7.89. The van der Waals surface area contributed by atoms with Gasteiger partial charge in [0, 0.05) is 0 Å². The second kappa shape index (κ2) is 5.22. The molecule has 1 aromatic carbocycles. The molecule has 1 aliphatic rings. The number of carboxylic acid groups (broad SMARTS) is 1. The predicted octanol–water partition coefficient (Wildman–Crippen LogP) is 0.254. The summed E-state index contributed by atoms with van der Waals surface area (Å²) in [6.07, 6.45) is 0.280. The number of rotatable bonds is 5. The Kier molecular flexibility index (Phi) is 3.78. The average molecular weight is 298 g/mol. The van der Waals surface area contributed by atoms with Crippen molar-refractivity contribution >= 4 is 27.6 Å². The van der Waals surface area contributed by atoms with Gasteiger partial charge in [-0.2, -0.15) is 0 Å². The van der Waals surface area contributed by atoms with E-state index in [9.17, 15) is 18.0 Å². The molecule has 1 amide bonds. The van der Waals surface area contributed by atoms with Crippen molar-refractivity contribution in [1.29, 1.82) is 0 Å². The molecule has 0 spiro atoms. The molecule has 1 fully saturated rings. The van der Waals surface area contributed by atoms with Crippen LogP contribution in [0, 0.1) is 11.8 Å². The third-order valence-electron chi connectivity index (χ3n) is 3.15. The van der Waals surface area contributed by atoms with E-state index in [1.165, 1.54) is 25.2 Å². The molecule has 1 aromatic rings. The second-order valence-electron chi connectivity index (χ2n) is 4.48. The number of hydrogen-bond acceptors (Lipinski definition) is 4. The number of anilines is 1. The van der Waals surface area contributed by atoms with Crippen LogP contribution in [0.3, 0.4) is 0 Å². The topological polar surface area (TPSA) is 113 Å². The number of hydrogen-bond donors (Lipinski definition) is 3. The lowest BCUT2D eigenvalue weighted by atomic mass is 10.2. The van der Waals surface area contributed by atoms with Crippen LogP contribution in [0.1, 0.15) is 6.42 Å². The maximum Gasteiger partial charge on any atom is 0.307 e. The minimum absolute atomic E-state index is 0.0524. The first kappa shape index (κ1) is 14.5. The van der Waals surface area contributed by atoms with Gasteiger partial charge in [0.15, 0.2) is 0 Å². The monoisotopic (exact) mass is 298 g/mol. The minimum atomic E-state index is -3.69. The van der Waals surface area contributed by atoms with Gasteiger partial charge in [0.1, 0.15) is 4.90 Å². The molecule has 2 atom stereocenters. The number of para-hydroxylation sites is 1. The molecule has 2 rings (SSSR count). The molecule has 1 aliphatic carbocycles. The number of sulfonamides is 1. The van der Waals surface area contributed by atoms with E-state index in [0.29, 0.717) is 0 Å². The van der Waals surface area contributed by atoms with Gasteiger partial charge in [0.05, 0.1) is 17.5 Å². The number of aliphatic carboxylic acids is 1. The molecule has 0 aliphatic heterocycles. The Balaban J connectivity index is 2.19. The van der Waals surface area contributed by atoms with E-state index in [2.05, 4.69) is 10.0 Å². The Bertz CT molecular complexity index is 656. The van der Waals surface area contributed by atoms with Crippen LogP contribution >= 0.6 is 0 Å². The van der Waals surface area contributed by atoms with Gasteiger partial charge in [-0.3, -0.25) is 9.59 Å². The fourth-order valence-electron chi connectivity index (χ4n) is 1.90. The summed E-state index contributed by atoms with van der Waals surface area (Å²) in [4.78, 5) is 22.5. The quantitative estimate of drug-likeness (QED) is 0.721. The van der Waals surface area contributed by atoms with E-state index in [-0.39, 0.29) is 17.0 Å². The third-order valence-corrected chi connectivity index (χ3v) is 4.62. The van der Waals surface area contributed by atoms with Crippen LogP contribution < -0.4 is 10.0 Å². The number of carbonyl (C=O) groups excluding carboxylic acids is 1. The Morgan fingerprint density at radius 1 is 1.25 bits per heavy atom. The van der Waals surface area contributed by atoms with E-state index in [0.717, 1.165) is 0 Å². The standard InChI is InChI=1S/C12H14N2O5S/c1-13-20(18,19)10-5-3-2-4-9(10)14-11(15)7-6-8(7)12(16)17/h2-5,7-8,13H,6H2,1H3,(H,14,15)(H,16,17)/t7-,8+/m1/s1. The molecular weight excluding hydrogens is 284 g/mol. The van der Waals surface area contributed by atoms with Gasteiger partial charge in [0.25, 0.3) is 0 Å². The molecule has 1 saturated carbocycles. The first-order valence-electron chi connectivity index (χ1n) is 5.93.